The number of fused-ring (bicyclic) bond motifs is 1. The molecule has 0 fully saturated rings. The van der Waals surface area contributed by atoms with E-state index in [0.717, 1.165) is 4.88 Å². The summed E-state index contributed by atoms with van der Waals surface area (Å²) in [7, 11) is 0. The van der Waals surface area contributed by atoms with Crippen molar-refractivity contribution < 1.29 is 5.11 Å². The van der Waals surface area contributed by atoms with Crippen molar-refractivity contribution in [2.45, 2.75) is 6.04 Å². The van der Waals surface area contributed by atoms with Crippen LogP contribution in [0.15, 0.2) is 30.3 Å². The first-order valence-electron chi connectivity index (χ1n) is 4.16. The van der Waals surface area contributed by atoms with Gasteiger partial charge in [-0.3, -0.25) is 0 Å². The Kier molecular flexibility index (Phi) is 3.89. The lowest BCUT2D eigenvalue weighted by Crippen LogP contribution is -2.12. The Bertz CT molecular complexity index is 382. The maximum Gasteiger partial charge on any atom is 0.0632 e. The second kappa shape index (κ2) is 4.75. The van der Waals surface area contributed by atoms with E-state index in [1.165, 1.54) is 10.1 Å². The van der Waals surface area contributed by atoms with Crippen molar-refractivity contribution in [3.05, 3.63) is 35.2 Å². The maximum atomic E-state index is 8.90. The van der Waals surface area contributed by atoms with Gasteiger partial charge in [-0.05, 0) is 17.5 Å². The van der Waals surface area contributed by atoms with E-state index in [0.29, 0.717) is 0 Å². The summed E-state index contributed by atoms with van der Waals surface area (Å²) in [6.45, 7) is 0.00677. The van der Waals surface area contributed by atoms with E-state index in [-0.39, 0.29) is 25.1 Å². The number of halogens is 1. The molecule has 4 heteroatoms. The van der Waals surface area contributed by atoms with E-state index in [1.807, 2.05) is 18.2 Å². The molecule has 0 aliphatic heterocycles. The second-order valence-corrected chi connectivity index (χ2v) is 4.09. The van der Waals surface area contributed by atoms with Crippen molar-refractivity contribution in [2.24, 2.45) is 5.73 Å². The lowest BCUT2D eigenvalue weighted by atomic mass is 10.2. The van der Waals surface area contributed by atoms with Gasteiger partial charge in [-0.15, -0.1) is 23.7 Å². The Balaban J connectivity index is 0.000000980. The van der Waals surface area contributed by atoms with Crippen LogP contribution >= 0.6 is 23.7 Å². The van der Waals surface area contributed by atoms with E-state index in [1.54, 1.807) is 11.3 Å². The molecule has 1 aromatic heterocycles. The summed E-state index contributed by atoms with van der Waals surface area (Å²) in [5, 5.41) is 10.1. The van der Waals surface area contributed by atoms with Gasteiger partial charge in [0.2, 0.25) is 0 Å². The van der Waals surface area contributed by atoms with Gasteiger partial charge in [-0.2, -0.15) is 0 Å². The van der Waals surface area contributed by atoms with Crippen LogP contribution in [0, 0.1) is 0 Å². The zero-order valence-electron chi connectivity index (χ0n) is 7.51. The maximum absolute atomic E-state index is 8.90. The molecule has 1 heterocycles. The SMILES string of the molecule is Cl.N[C@H](CO)c1cc2ccccc2s1. The molecule has 0 saturated carbocycles. The van der Waals surface area contributed by atoms with Crippen LogP contribution in [0.25, 0.3) is 10.1 Å². The van der Waals surface area contributed by atoms with Crippen LogP contribution in [0.5, 0.6) is 0 Å². The van der Waals surface area contributed by atoms with Gasteiger partial charge < -0.3 is 10.8 Å². The number of thiophene rings is 1. The summed E-state index contributed by atoms with van der Waals surface area (Å²) in [4.78, 5) is 1.05. The van der Waals surface area contributed by atoms with Crippen LogP contribution < -0.4 is 5.73 Å². The standard InChI is InChI=1S/C10H11NOS.ClH/c11-8(6-12)10-5-7-3-1-2-4-9(7)13-10;/h1-5,8,12H,6,11H2;1H/t8-;/m1./s1. The Morgan fingerprint density at radius 3 is 2.71 bits per heavy atom. The van der Waals surface area contributed by atoms with Crippen LogP contribution in [-0.2, 0) is 0 Å². The third-order valence-electron chi connectivity index (χ3n) is 2.01. The lowest BCUT2D eigenvalue weighted by Gasteiger charge is -2.02. The first-order chi connectivity index (χ1) is 6.31. The minimum atomic E-state index is -0.239. The lowest BCUT2D eigenvalue weighted by molar-refractivity contribution is 0.269. The van der Waals surface area contributed by atoms with Crippen LogP contribution in [0.2, 0.25) is 0 Å². The molecule has 2 rings (SSSR count). The topological polar surface area (TPSA) is 46.2 Å². The Hall–Kier alpha value is -0.610. The summed E-state index contributed by atoms with van der Waals surface area (Å²) in [6.07, 6.45) is 0. The quantitative estimate of drug-likeness (QED) is 0.830. The Labute approximate surface area is 92.8 Å². The number of benzene rings is 1. The van der Waals surface area contributed by atoms with Crippen molar-refractivity contribution in [3.8, 4) is 0 Å². The largest absolute Gasteiger partial charge is 0.394 e. The molecule has 3 N–H and O–H groups in total. The fourth-order valence-corrected chi connectivity index (χ4v) is 2.33. The normalized spacial score (nSPS) is 12.4. The third kappa shape index (κ3) is 2.07. The van der Waals surface area contributed by atoms with Gasteiger partial charge in [0, 0.05) is 9.58 Å². The smallest absolute Gasteiger partial charge is 0.0632 e. The Morgan fingerprint density at radius 2 is 2.07 bits per heavy atom. The molecule has 76 valence electrons. The second-order valence-electron chi connectivity index (χ2n) is 2.98. The molecule has 0 amide bonds. The van der Waals surface area contributed by atoms with E-state index >= 15 is 0 Å². The number of hydrogen-bond donors (Lipinski definition) is 2. The molecule has 0 bridgehead atoms. The van der Waals surface area contributed by atoms with Crippen molar-refractivity contribution in [1.82, 2.24) is 0 Å². The number of rotatable bonds is 2. The molecule has 0 saturated heterocycles. The van der Waals surface area contributed by atoms with Gasteiger partial charge in [0.15, 0.2) is 0 Å². The summed E-state index contributed by atoms with van der Waals surface area (Å²) in [6, 6.07) is 9.93. The summed E-state index contributed by atoms with van der Waals surface area (Å²) in [5.74, 6) is 0. The molecule has 2 nitrogen and oxygen atoms in total. The minimum absolute atomic E-state index is 0. The van der Waals surface area contributed by atoms with Crippen LogP contribution in [0.3, 0.4) is 0 Å². The van der Waals surface area contributed by atoms with Gasteiger partial charge >= 0.3 is 0 Å². The fraction of sp³-hybridized carbons (Fsp3) is 0.200. The highest BCUT2D eigenvalue weighted by molar-refractivity contribution is 7.19. The molecular formula is C10H12ClNOS. The molecule has 0 unspecified atom stereocenters. The molecule has 1 aromatic carbocycles. The molecule has 1 atom stereocenters. The predicted octanol–water partition coefficient (Wildman–Crippen LogP) is 2.32. The number of aliphatic hydroxyl groups excluding tert-OH is 1. The molecule has 2 aromatic rings. The van der Waals surface area contributed by atoms with Gasteiger partial charge in [0.25, 0.3) is 0 Å². The predicted molar refractivity (Wildman–Crippen MR) is 63.1 cm³/mol. The average Bonchev–Trinajstić information content (AvgIpc) is 2.59. The zero-order chi connectivity index (χ0) is 9.26. The molecule has 14 heavy (non-hydrogen) atoms. The van der Waals surface area contributed by atoms with Gasteiger partial charge in [0.05, 0.1) is 12.6 Å². The van der Waals surface area contributed by atoms with E-state index in [9.17, 15) is 0 Å². The summed E-state index contributed by atoms with van der Waals surface area (Å²) in [5.41, 5.74) is 5.72. The monoisotopic (exact) mass is 229 g/mol. The van der Waals surface area contributed by atoms with E-state index in [4.69, 9.17) is 10.8 Å². The van der Waals surface area contributed by atoms with Gasteiger partial charge in [-0.25, -0.2) is 0 Å². The highest BCUT2D eigenvalue weighted by atomic mass is 35.5. The van der Waals surface area contributed by atoms with Crippen molar-refractivity contribution in [2.75, 3.05) is 6.61 Å². The highest BCUT2D eigenvalue weighted by Gasteiger charge is 2.07. The van der Waals surface area contributed by atoms with Crippen molar-refractivity contribution >= 4 is 33.8 Å². The highest BCUT2D eigenvalue weighted by Crippen LogP contribution is 2.28. The third-order valence-corrected chi connectivity index (χ3v) is 3.25. The van der Waals surface area contributed by atoms with Gasteiger partial charge in [-0.1, -0.05) is 18.2 Å². The average molecular weight is 230 g/mol. The number of nitrogens with two attached hydrogens (primary N) is 1. The molecule has 0 aliphatic carbocycles. The number of aliphatic hydroxyl groups is 1. The molecule has 0 radical (unpaired) electrons. The van der Waals surface area contributed by atoms with Crippen LogP contribution in [-0.4, -0.2) is 11.7 Å². The van der Waals surface area contributed by atoms with Crippen LogP contribution in [0.4, 0.5) is 0 Å². The van der Waals surface area contributed by atoms with E-state index in [2.05, 4.69) is 12.1 Å². The molecule has 0 spiro atoms. The zero-order valence-corrected chi connectivity index (χ0v) is 9.15. The number of hydrogen-bond acceptors (Lipinski definition) is 3. The van der Waals surface area contributed by atoms with Gasteiger partial charge in [0.1, 0.15) is 0 Å². The van der Waals surface area contributed by atoms with Crippen molar-refractivity contribution in [3.63, 3.8) is 0 Å². The summed E-state index contributed by atoms with van der Waals surface area (Å²) >= 11 is 1.64. The van der Waals surface area contributed by atoms with E-state index < -0.39 is 0 Å². The first-order valence-corrected chi connectivity index (χ1v) is 4.98. The first kappa shape index (κ1) is 11.5. The van der Waals surface area contributed by atoms with Crippen molar-refractivity contribution in [1.29, 1.82) is 0 Å². The minimum Gasteiger partial charge on any atom is -0.394 e. The molecular weight excluding hydrogens is 218 g/mol. The molecule has 0 aliphatic rings. The Morgan fingerprint density at radius 1 is 1.36 bits per heavy atom. The van der Waals surface area contributed by atoms with Crippen LogP contribution in [0.1, 0.15) is 10.9 Å². The fourth-order valence-electron chi connectivity index (χ4n) is 1.28. The summed E-state index contributed by atoms with van der Waals surface area (Å²) < 4.78 is 1.22.